The maximum Gasteiger partial charge on any atom is 0.338 e. The lowest BCUT2D eigenvalue weighted by Crippen LogP contribution is -2.28. The van der Waals surface area contributed by atoms with Gasteiger partial charge >= 0.3 is 5.97 Å². The van der Waals surface area contributed by atoms with Gasteiger partial charge in [-0.3, -0.25) is 4.79 Å². The van der Waals surface area contributed by atoms with E-state index in [2.05, 4.69) is 5.32 Å². The highest BCUT2D eigenvalue weighted by atomic mass is 32.2. The molecule has 1 aliphatic heterocycles. The number of carbonyl (C=O) groups is 2. The van der Waals surface area contributed by atoms with E-state index in [1.807, 2.05) is 35.7 Å². The lowest BCUT2D eigenvalue weighted by atomic mass is 10.1. The molecule has 0 unspecified atom stereocenters. The van der Waals surface area contributed by atoms with Crippen LogP contribution in [0.25, 0.3) is 0 Å². The second kappa shape index (κ2) is 9.80. The highest BCUT2D eigenvalue weighted by Crippen LogP contribution is 2.43. The van der Waals surface area contributed by atoms with E-state index in [0.717, 1.165) is 11.5 Å². The van der Waals surface area contributed by atoms with Crippen LogP contribution in [0, 0.1) is 5.82 Å². The molecule has 0 aliphatic carbocycles. The standard InChI is InChI=1S/C20H20FNO3S2/c21-17-5-2-1-4-16(17)12-22-18(23)13-25-19(24)14-6-8-15(9-7-14)20-26-10-3-11-27-20/h1-2,4-9,20H,3,10-13H2,(H,22,23). The van der Waals surface area contributed by atoms with Crippen LogP contribution in [-0.4, -0.2) is 30.0 Å². The summed E-state index contributed by atoms with van der Waals surface area (Å²) in [5.74, 6) is 0.904. The molecule has 142 valence electrons. The molecule has 0 bridgehead atoms. The highest BCUT2D eigenvalue weighted by Gasteiger charge is 2.17. The molecule has 1 fully saturated rings. The molecule has 4 nitrogen and oxygen atoms in total. The second-order valence-electron chi connectivity index (χ2n) is 5.99. The molecule has 2 aromatic carbocycles. The lowest BCUT2D eigenvalue weighted by Gasteiger charge is -2.21. The monoisotopic (exact) mass is 405 g/mol. The van der Waals surface area contributed by atoms with Crippen LogP contribution < -0.4 is 5.32 Å². The number of hydrogen-bond donors (Lipinski definition) is 1. The van der Waals surface area contributed by atoms with Crippen LogP contribution in [0.2, 0.25) is 0 Å². The predicted molar refractivity (Wildman–Crippen MR) is 107 cm³/mol. The van der Waals surface area contributed by atoms with Crippen LogP contribution >= 0.6 is 23.5 Å². The molecule has 2 aromatic rings. The molecule has 1 amide bonds. The summed E-state index contributed by atoms with van der Waals surface area (Å²) in [6.45, 7) is -0.349. The first-order chi connectivity index (χ1) is 13.1. The van der Waals surface area contributed by atoms with Crippen molar-refractivity contribution in [1.29, 1.82) is 0 Å². The Bertz CT molecular complexity index is 792. The molecule has 0 saturated carbocycles. The van der Waals surface area contributed by atoms with Crippen LogP contribution in [0.15, 0.2) is 48.5 Å². The number of esters is 1. The minimum atomic E-state index is -0.549. The minimum absolute atomic E-state index is 0.0501. The van der Waals surface area contributed by atoms with Gasteiger partial charge in [0.2, 0.25) is 0 Å². The largest absolute Gasteiger partial charge is 0.452 e. The summed E-state index contributed by atoms with van der Waals surface area (Å²) in [6, 6.07) is 13.5. The van der Waals surface area contributed by atoms with E-state index < -0.39 is 18.5 Å². The quantitative estimate of drug-likeness (QED) is 0.731. The number of rotatable bonds is 6. The first-order valence-electron chi connectivity index (χ1n) is 8.64. The number of thioether (sulfide) groups is 2. The van der Waals surface area contributed by atoms with Crippen LogP contribution in [0.1, 0.15) is 32.5 Å². The van der Waals surface area contributed by atoms with Crippen molar-refractivity contribution in [2.75, 3.05) is 18.1 Å². The number of hydrogen-bond acceptors (Lipinski definition) is 5. The van der Waals surface area contributed by atoms with Gasteiger partial charge in [0.15, 0.2) is 6.61 Å². The normalized spacial score (nSPS) is 14.6. The zero-order valence-corrected chi connectivity index (χ0v) is 16.3. The van der Waals surface area contributed by atoms with Gasteiger partial charge in [-0.05, 0) is 41.7 Å². The van der Waals surface area contributed by atoms with Crippen LogP contribution in [0.5, 0.6) is 0 Å². The summed E-state index contributed by atoms with van der Waals surface area (Å²) in [5, 5.41) is 2.54. The summed E-state index contributed by atoms with van der Waals surface area (Å²) in [5.41, 5.74) is 1.97. The Kier molecular flexibility index (Phi) is 7.18. The minimum Gasteiger partial charge on any atom is -0.452 e. The number of halogens is 1. The van der Waals surface area contributed by atoms with Gasteiger partial charge in [0, 0.05) is 12.1 Å². The first kappa shape index (κ1) is 19.8. The molecule has 0 spiro atoms. The zero-order chi connectivity index (χ0) is 19.1. The molecule has 0 atom stereocenters. The number of carbonyl (C=O) groups excluding carboxylic acids is 2. The molecule has 27 heavy (non-hydrogen) atoms. The van der Waals surface area contributed by atoms with Crippen molar-refractivity contribution < 1.29 is 18.7 Å². The van der Waals surface area contributed by atoms with Gasteiger partial charge < -0.3 is 10.1 Å². The number of amides is 1. The van der Waals surface area contributed by atoms with Gasteiger partial charge in [-0.15, -0.1) is 23.5 Å². The van der Waals surface area contributed by atoms with E-state index in [-0.39, 0.29) is 12.4 Å². The Balaban J connectivity index is 1.45. The molecular weight excluding hydrogens is 385 g/mol. The third kappa shape index (κ3) is 5.74. The Hall–Kier alpha value is -1.99. The van der Waals surface area contributed by atoms with E-state index in [0.29, 0.717) is 15.7 Å². The Labute approximate surface area is 166 Å². The summed E-state index contributed by atoms with van der Waals surface area (Å²) in [6.07, 6.45) is 1.23. The van der Waals surface area contributed by atoms with E-state index in [9.17, 15) is 14.0 Å². The molecule has 3 rings (SSSR count). The van der Waals surface area contributed by atoms with Gasteiger partial charge in [0.25, 0.3) is 5.91 Å². The predicted octanol–water partition coefficient (Wildman–Crippen LogP) is 4.17. The van der Waals surface area contributed by atoms with Crippen molar-refractivity contribution in [3.63, 3.8) is 0 Å². The van der Waals surface area contributed by atoms with Gasteiger partial charge in [0.1, 0.15) is 5.82 Å². The topological polar surface area (TPSA) is 55.4 Å². The van der Waals surface area contributed by atoms with E-state index >= 15 is 0 Å². The second-order valence-corrected chi connectivity index (χ2v) is 8.72. The summed E-state index contributed by atoms with van der Waals surface area (Å²) in [7, 11) is 0. The Morgan fingerprint density at radius 2 is 1.78 bits per heavy atom. The van der Waals surface area contributed by atoms with Gasteiger partial charge in [-0.25, -0.2) is 9.18 Å². The fourth-order valence-electron chi connectivity index (χ4n) is 2.56. The number of ether oxygens (including phenoxy) is 1. The van der Waals surface area contributed by atoms with E-state index in [4.69, 9.17) is 4.74 Å². The molecule has 1 saturated heterocycles. The third-order valence-corrected chi connectivity index (χ3v) is 7.03. The molecular formula is C20H20FNO3S2. The number of nitrogens with one attached hydrogen (secondary N) is 1. The Morgan fingerprint density at radius 3 is 2.48 bits per heavy atom. The maximum atomic E-state index is 13.5. The molecule has 7 heteroatoms. The molecule has 1 heterocycles. The van der Waals surface area contributed by atoms with E-state index in [1.54, 1.807) is 30.3 Å². The fraction of sp³-hybridized carbons (Fsp3) is 0.300. The molecule has 0 radical (unpaired) electrons. The number of benzene rings is 2. The zero-order valence-electron chi connectivity index (χ0n) is 14.7. The fourth-order valence-corrected chi connectivity index (χ4v) is 5.45. The summed E-state index contributed by atoms with van der Waals surface area (Å²) < 4.78 is 19.0. The van der Waals surface area contributed by atoms with Gasteiger partial charge in [-0.1, -0.05) is 30.3 Å². The van der Waals surface area contributed by atoms with Crippen molar-refractivity contribution in [1.82, 2.24) is 5.32 Å². The van der Waals surface area contributed by atoms with Gasteiger partial charge in [-0.2, -0.15) is 0 Å². The highest BCUT2D eigenvalue weighted by molar-refractivity contribution is 8.16. The molecule has 1 N–H and O–H groups in total. The van der Waals surface area contributed by atoms with Crippen molar-refractivity contribution in [3.05, 3.63) is 71.0 Å². The smallest absolute Gasteiger partial charge is 0.338 e. The van der Waals surface area contributed by atoms with Crippen molar-refractivity contribution in [2.45, 2.75) is 17.5 Å². The first-order valence-corrected chi connectivity index (χ1v) is 10.7. The average Bonchev–Trinajstić information content (AvgIpc) is 2.72. The van der Waals surface area contributed by atoms with Crippen LogP contribution in [0.4, 0.5) is 4.39 Å². The summed E-state index contributed by atoms with van der Waals surface area (Å²) >= 11 is 3.83. The molecule has 1 aliphatic rings. The lowest BCUT2D eigenvalue weighted by molar-refractivity contribution is -0.124. The maximum absolute atomic E-state index is 13.5. The van der Waals surface area contributed by atoms with Crippen molar-refractivity contribution >= 4 is 35.4 Å². The van der Waals surface area contributed by atoms with Crippen LogP contribution in [0.3, 0.4) is 0 Å². The van der Waals surface area contributed by atoms with E-state index in [1.165, 1.54) is 18.1 Å². The summed E-state index contributed by atoms with van der Waals surface area (Å²) in [4.78, 5) is 23.9. The average molecular weight is 406 g/mol. The SMILES string of the molecule is O=C(COC(=O)c1ccc(C2SCCCS2)cc1)NCc1ccccc1F. The Morgan fingerprint density at radius 1 is 1.07 bits per heavy atom. The molecule has 0 aromatic heterocycles. The van der Waals surface area contributed by atoms with Crippen molar-refractivity contribution in [3.8, 4) is 0 Å². The van der Waals surface area contributed by atoms with Crippen LogP contribution in [-0.2, 0) is 16.1 Å². The van der Waals surface area contributed by atoms with Gasteiger partial charge in [0.05, 0.1) is 10.1 Å². The van der Waals surface area contributed by atoms with Crippen molar-refractivity contribution in [2.24, 2.45) is 0 Å². The third-order valence-electron chi connectivity index (χ3n) is 4.01.